The molecule has 3 fully saturated rings. The van der Waals surface area contributed by atoms with Gasteiger partial charge >= 0.3 is 0 Å². The van der Waals surface area contributed by atoms with Gasteiger partial charge in [-0.05, 0) is 61.6 Å². The lowest BCUT2D eigenvalue weighted by Gasteiger charge is -2.57. The summed E-state index contributed by atoms with van der Waals surface area (Å²) in [4.78, 5) is 25.8. The van der Waals surface area contributed by atoms with Crippen LogP contribution in [0.4, 0.5) is 4.39 Å². The quantitative estimate of drug-likeness (QED) is 0.678. The number of halogens is 2. The lowest BCUT2D eigenvalue weighted by atomic mass is 9.56. The molecule has 0 radical (unpaired) electrons. The van der Waals surface area contributed by atoms with E-state index in [2.05, 4.69) is 17.6 Å². The number of carbonyl (C=O) groups is 2. The average Bonchev–Trinajstić information content (AvgIpc) is 3.25. The van der Waals surface area contributed by atoms with E-state index in [1.54, 1.807) is 0 Å². The fourth-order valence-electron chi connectivity index (χ4n) is 4.82. The van der Waals surface area contributed by atoms with E-state index < -0.39 is 5.82 Å². The molecule has 3 aliphatic rings. The van der Waals surface area contributed by atoms with Gasteiger partial charge in [-0.1, -0.05) is 24.6 Å². The normalized spacial score (nSPS) is 27.5. The highest BCUT2D eigenvalue weighted by atomic mass is 35.5. The van der Waals surface area contributed by atoms with Crippen LogP contribution in [0, 0.1) is 11.7 Å². The molecule has 8 heteroatoms. The molecular weight excluding hydrogens is 427 g/mol. The first-order valence-electron chi connectivity index (χ1n) is 10.1. The average molecular weight is 451 g/mol. The fourth-order valence-corrected chi connectivity index (χ4v) is 5.55. The van der Waals surface area contributed by atoms with Gasteiger partial charge in [-0.25, -0.2) is 4.39 Å². The summed E-state index contributed by atoms with van der Waals surface area (Å²) in [6.45, 7) is 1.94. The molecule has 5 rings (SSSR count). The Morgan fingerprint density at radius 1 is 1.23 bits per heavy atom. The van der Waals surface area contributed by atoms with E-state index in [4.69, 9.17) is 16.3 Å². The van der Waals surface area contributed by atoms with Crippen LogP contribution in [0.1, 0.15) is 48.7 Å². The van der Waals surface area contributed by atoms with Crippen LogP contribution in [0.15, 0.2) is 35.7 Å². The highest BCUT2D eigenvalue weighted by Gasteiger charge is 2.54. The van der Waals surface area contributed by atoms with E-state index in [0.29, 0.717) is 0 Å². The Morgan fingerprint density at radius 2 is 2.00 bits per heavy atom. The number of hydrogen-bond donors (Lipinski definition) is 2. The molecule has 30 heavy (non-hydrogen) atoms. The third-order valence-electron chi connectivity index (χ3n) is 6.51. The summed E-state index contributed by atoms with van der Waals surface area (Å²) in [5, 5.41) is 8.35. The molecule has 1 unspecified atom stereocenters. The standard InChI is InChI=1S/C22H24ClFN2O3S/c1-14-12-21(26-20(28)18-3-2-10-30-18)6-8-22(14,9-7-21)25-19(27)13-29-15-4-5-16(23)17(24)11-15/h2-5,10-11,14H,6-9,12-13H2,1H3,(H,25,27)(H,26,28). The van der Waals surface area contributed by atoms with Gasteiger partial charge in [0.15, 0.2) is 6.61 Å². The predicted octanol–water partition coefficient (Wildman–Crippen LogP) is 4.56. The summed E-state index contributed by atoms with van der Waals surface area (Å²) >= 11 is 7.11. The topological polar surface area (TPSA) is 67.4 Å². The third kappa shape index (κ3) is 4.18. The maximum absolute atomic E-state index is 13.5. The second kappa shape index (κ2) is 8.19. The minimum Gasteiger partial charge on any atom is -0.484 e. The van der Waals surface area contributed by atoms with Crippen LogP contribution in [0.3, 0.4) is 0 Å². The van der Waals surface area contributed by atoms with Crippen LogP contribution in [0.2, 0.25) is 5.02 Å². The van der Waals surface area contributed by atoms with Gasteiger partial charge in [0.1, 0.15) is 11.6 Å². The Balaban J connectivity index is 1.34. The molecule has 1 heterocycles. The van der Waals surface area contributed by atoms with E-state index in [-0.39, 0.29) is 46.2 Å². The molecule has 0 spiro atoms. The monoisotopic (exact) mass is 450 g/mol. The fraction of sp³-hybridized carbons (Fsp3) is 0.455. The largest absolute Gasteiger partial charge is 0.484 e. The first kappa shape index (κ1) is 21.1. The van der Waals surface area contributed by atoms with Gasteiger partial charge in [-0.3, -0.25) is 9.59 Å². The molecule has 2 aromatic rings. The summed E-state index contributed by atoms with van der Waals surface area (Å²) in [5.74, 6) is -0.337. The molecule has 3 saturated carbocycles. The van der Waals surface area contributed by atoms with Crippen molar-refractivity contribution in [3.05, 3.63) is 51.4 Å². The van der Waals surface area contributed by atoms with Crippen LogP contribution in [-0.4, -0.2) is 29.5 Å². The maximum atomic E-state index is 13.5. The molecular formula is C22H24ClFN2O3S. The number of hydrogen-bond acceptors (Lipinski definition) is 4. The van der Waals surface area contributed by atoms with Crippen LogP contribution in [0.5, 0.6) is 5.75 Å². The molecule has 2 bridgehead atoms. The molecule has 0 aliphatic heterocycles. The van der Waals surface area contributed by atoms with E-state index in [1.165, 1.54) is 29.5 Å². The lowest BCUT2D eigenvalue weighted by molar-refractivity contribution is -0.128. The van der Waals surface area contributed by atoms with Crippen LogP contribution in [0.25, 0.3) is 0 Å². The summed E-state index contributed by atoms with van der Waals surface area (Å²) in [7, 11) is 0. The van der Waals surface area contributed by atoms with Crippen molar-refractivity contribution in [2.45, 2.75) is 50.1 Å². The highest BCUT2D eigenvalue weighted by molar-refractivity contribution is 7.12. The Kier molecular flexibility index (Phi) is 5.77. The zero-order chi connectivity index (χ0) is 21.4. The maximum Gasteiger partial charge on any atom is 0.261 e. The highest BCUT2D eigenvalue weighted by Crippen LogP contribution is 2.50. The van der Waals surface area contributed by atoms with Crippen molar-refractivity contribution in [3.63, 3.8) is 0 Å². The number of benzene rings is 1. The van der Waals surface area contributed by atoms with E-state index in [9.17, 15) is 14.0 Å². The molecule has 5 nitrogen and oxygen atoms in total. The van der Waals surface area contributed by atoms with Crippen LogP contribution >= 0.6 is 22.9 Å². The van der Waals surface area contributed by atoms with Crippen molar-refractivity contribution in [1.29, 1.82) is 0 Å². The predicted molar refractivity (Wildman–Crippen MR) is 115 cm³/mol. The van der Waals surface area contributed by atoms with Crippen LogP contribution < -0.4 is 15.4 Å². The van der Waals surface area contributed by atoms with Crippen molar-refractivity contribution in [2.24, 2.45) is 5.92 Å². The lowest BCUT2D eigenvalue weighted by Crippen LogP contribution is -2.67. The first-order chi connectivity index (χ1) is 14.3. The molecule has 160 valence electrons. The summed E-state index contributed by atoms with van der Waals surface area (Å²) in [6, 6.07) is 7.82. The van der Waals surface area contributed by atoms with E-state index in [0.717, 1.165) is 37.0 Å². The van der Waals surface area contributed by atoms with Gasteiger partial charge in [-0.15, -0.1) is 11.3 Å². The number of ether oxygens (including phenoxy) is 1. The second-order valence-electron chi connectivity index (χ2n) is 8.39. The summed E-state index contributed by atoms with van der Waals surface area (Å²) in [6.07, 6.45) is 4.10. The van der Waals surface area contributed by atoms with Crippen molar-refractivity contribution in [3.8, 4) is 5.75 Å². The SMILES string of the molecule is CC1CC2(NC(=O)c3cccs3)CCC1(NC(=O)COc1ccc(Cl)c(F)c1)CC2. The smallest absolute Gasteiger partial charge is 0.261 e. The van der Waals surface area contributed by atoms with Gasteiger partial charge in [-0.2, -0.15) is 0 Å². The molecule has 0 saturated heterocycles. The molecule has 3 aliphatic carbocycles. The van der Waals surface area contributed by atoms with Gasteiger partial charge in [0.25, 0.3) is 11.8 Å². The van der Waals surface area contributed by atoms with Gasteiger partial charge in [0.2, 0.25) is 0 Å². The van der Waals surface area contributed by atoms with Crippen molar-refractivity contribution >= 4 is 34.8 Å². The molecule has 1 aromatic heterocycles. The van der Waals surface area contributed by atoms with Gasteiger partial charge < -0.3 is 15.4 Å². The summed E-state index contributed by atoms with van der Waals surface area (Å²) in [5.41, 5.74) is -0.495. The minimum atomic E-state index is -0.581. The van der Waals surface area contributed by atoms with E-state index in [1.807, 2.05) is 17.5 Å². The Hall–Kier alpha value is -2.12. The summed E-state index contributed by atoms with van der Waals surface area (Å²) < 4.78 is 19.0. The number of thiophene rings is 1. The third-order valence-corrected chi connectivity index (χ3v) is 7.69. The van der Waals surface area contributed by atoms with Crippen molar-refractivity contribution in [2.75, 3.05) is 6.61 Å². The second-order valence-corrected chi connectivity index (χ2v) is 9.74. The molecule has 2 amide bonds. The number of nitrogens with one attached hydrogen (secondary N) is 2. The Bertz CT molecular complexity index is 942. The minimum absolute atomic E-state index is 0.0126. The Labute approximate surface area is 184 Å². The number of carbonyl (C=O) groups excluding carboxylic acids is 2. The van der Waals surface area contributed by atoms with Crippen LogP contribution in [-0.2, 0) is 4.79 Å². The number of amides is 2. The zero-order valence-electron chi connectivity index (χ0n) is 16.7. The van der Waals surface area contributed by atoms with E-state index >= 15 is 0 Å². The van der Waals surface area contributed by atoms with Crippen molar-refractivity contribution in [1.82, 2.24) is 10.6 Å². The van der Waals surface area contributed by atoms with Gasteiger partial charge in [0.05, 0.1) is 9.90 Å². The number of rotatable bonds is 6. The molecule has 1 aromatic carbocycles. The first-order valence-corrected chi connectivity index (χ1v) is 11.3. The van der Waals surface area contributed by atoms with Crippen molar-refractivity contribution < 1.29 is 18.7 Å². The number of fused-ring (bicyclic) bond motifs is 3. The molecule has 1 atom stereocenters. The molecule has 2 N–H and O–H groups in total. The Morgan fingerprint density at radius 3 is 2.63 bits per heavy atom. The van der Waals surface area contributed by atoms with Gasteiger partial charge in [0, 0.05) is 17.1 Å². The zero-order valence-corrected chi connectivity index (χ0v) is 18.2.